The van der Waals surface area contributed by atoms with Gasteiger partial charge in [0.05, 0.1) is 0 Å². The predicted octanol–water partition coefficient (Wildman–Crippen LogP) is 5.60. The van der Waals surface area contributed by atoms with E-state index in [2.05, 4.69) is 114 Å². The zero-order valence-corrected chi connectivity index (χ0v) is 18.8. The fourth-order valence-electron chi connectivity index (χ4n) is 3.29. The van der Waals surface area contributed by atoms with Gasteiger partial charge in [-0.1, -0.05) is 78.9 Å². The van der Waals surface area contributed by atoms with Crippen LogP contribution in [0.3, 0.4) is 0 Å². The molecule has 1 aromatic heterocycles. The zero-order valence-electron chi connectivity index (χ0n) is 18.0. The smallest absolute Gasteiger partial charge is 0.485 e. The van der Waals surface area contributed by atoms with E-state index in [0.717, 1.165) is 13.0 Å². The second-order valence-electron chi connectivity index (χ2n) is 7.36. The van der Waals surface area contributed by atoms with E-state index in [1.54, 1.807) is 0 Å². The topological polar surface area (TPSA) is 61.1 Å². The lowest BCUT2D eigenvalue weighted by atomic mass is 10.0. The quantitative estimate of drug-likeness (QED) is 0.210. The molecule has 4 aromatic rings. The van der Waals surface area contributed by atoms with Gasteiger partial charge in [0.15, 0.2) is 22.9 Å². The van der Waals surface area contributed by atoms with Crippen LogP contribution in [-0.4, -0.2) is 18.5 Å². The number of pyridine rings is 1. The van der Waals surface area contributed by atoms with Crippen molar-refractivity contribution in [3.05, 3.63) is 115 Å². The predicted molar refractivity (Wildman–Crippen MR) is 123 cm³/mol. The highest BCUT2D eigenvalue weighted by Gasteiger charge is 2.36. The summed E-state index contributed by atoms with van der Waals surface area (Å²) in [5.74, 6) is 0. The average Bonchev–Trinajstić information content (AvgIpc) is 2.83. The first-order chi connectivity index (χ1) is 16.1. The first-order valence-electron chi connectivity index (χ1n) is 10.4. The van der Waals surface area contributed by atoms with E-state index in [9.17, 15) is 13.2 Å². The third kappa shape index (κ3) is 7.00. The van der Waals surface area contributed by atoms with Gasteiger partial charge in [-0.2, -0.15) is 17.7 Å². The SMILES string of the molecule is O=S(=O)([O-])C(F)(F)F.c1ccc(CC[n+]2ccc(-c3ccccc3)cc2-c2ccccc2)cc1. The van der Waals surface area contributed by atoms with Crippen LogP contribution < -0.4 is 4.57 Å². The Kier molecular flexibility index (Phi) is 8.20. The van der Waals surface area contributed by atoms with Crippen LogP contribution in [0.4, 0.5) is 13.2 Å². The van der Waals surface area contributed by atoms with Crippen molar-refractivity contribution in [2.75, 3.05) is 0 Å². The standard InChI is InChI=1S/C25H22N.CHF3O3S/c1-4-10-21(11-5-1)16-18-26-19-17-24(22-12-6-2-7-13-22)20-25(26)23-14-8-3-9-15-23;2-1(3,4)8(5,6)7/h1-15,17,19-20H,16,18H2;(H,5,6,7)/q+1;/p-1. The number of benzene rings is 3. The number of nitrogens with zero attached hydrogens (tertiary/aromatic N) is 1. The summed E-state index contributed by atoms with van der Waals surface area (Å²) in [5, 5.41) is 0. The highest BCUT2D eigenvalue weighted by molar-refractivity contribution is 7.86. The fourth-order valence-corrected chi connectivity index (χ4v) is 3.29. The number of hydrogen-bond donors (Lipinski definition) is 0. The summed E-state index contributed by atoms with van der Waals surface area (Å²) in [4.78, 5) is 0. The third-order valence-electron chi connectivity index (χ3n) is 4.98. The van der Waals surface area contributed by atoms with Gasteiger partial charge in [-0.25, -0.2) is 8.42 Å². The molecule has 1 heterocycles. The molecular weight excluding hydrogens is 463 g/mol. The molecule has 176 valence electrons. The molecule has 0 amide bonds. The van der Waals surface area contributed by atoms with Crippen molar-refractivity contribution in [1.29, 1.82) is 0 Å². The largest absolute Gasteiger partial charge is 0.741 e. The molecule has 0 saturated carbocycles. The van der Waals surface area contributed by atoms with Crippen molar-refractivity contribution in [2.24, 2.45) is 0 Å². The molecule has 4 rings (SSSR count). The first-order valence-corrected chi connectivity index (χ1v) is 11.8. The summed E-state index contributed by atoms with van der Waals surface area (Å²) < 4.78 is 61.3. The average molecular weight is 486 g/mol. The molecule has 3 aromatic carbocycles. The van der Waals surface area contributed by atoms with Crippen LogP contribution in [-0.2, 0) is 23.1 Å². The highest BCUT2D eigenvalue weighted by Crippen LogP contribution is 2.23. The van der Waals surface area contributed by atoms with Gasteiger partial charge < -0.3 is 4.55 Å². The lowest BCUT2D eigenvalue weighted by molar-refractivity contribution is -0.685. The monoisotopic (exact) mass is 485 g/mol. The van der Waals surface area contributed by atoms with E-state index in [-0.39, 0.29) is 0 Å². The molecular formula is C26H22F3NO3S. The number of aryl methyl sites for hydroxylation is 2. The van der Waals surface area contributed by atoms with Crippen molar-refractivity contribution in [2.45, 2.75) is 18.5 Å². The fraction of sp³-hybridized carbons (Fsp3) is 0.115. The molecule has 0 aliphatic carbocycles. The van der Waals surface area contributed by atoms with Crippen molar-refractivity contribution in [1.82, 2.24) is 0 Å². The molecule has 0 radical (unpaired) electrons. The highest BCUT2D eigenvalue weighted by atomic mass is 32.2. The Morgan fingerprint density at radius 2 is 1.18 bits per heavy atom. The van der Waals surface area contributed by atoms with Crippen molar-refractivity contribution in [3.8, 4) is 22.4 Å². The Morgan fingerprint density at radius 1 is 0.706 bits per heavy atom. The molecule has 4 nitrogen and oxygen atoms in total. The maximum absolute atomic E-state index is 10.7. The molecule has 0 saturated heterocycles. The summed E-state index contributed by atoms with van der Waals surface area (Å²) in [6, 6.07) is 36.4. The normalized spacial score (nSPS) is 11.4. The Bertz CT molecular complexity index is 1300. The molecule has 0 fully saturated rings. The van der Waals surface area contributed by atoms with E-state index >= 15 is 0 Å². The number of rotatable bonds is 5. The van der Waals surface area contributed by atoms with Gasteiger partial charge in [0.25, 0.3) is 0 Å². The first kappa shape index (κ1) is 25.1. The second-order valence-corrected chi connectivity index (χ2v) is 8.73. The van der Waals surface area contributed by atoms with Crippen LogP contribution >= 0.6 is 0 Å². The molecule has 0 spiro atoms. The van der Waals surface area contributed by atoms with E-state index in [1.807, 2.05) is 0 Å². The maximum Gasteiger partial charge on any atom is 0.485 e. The molecule has 0 aliphatic rings. The second kappa shape index (κ2) is 11.1. The van der Waals surface area contributed by atoms with Gasteiger partial charge in [-0.3, -0.25) is 0 Å². The number of halogens is 3. The van der Waals surface area contributed by atoms with Gasteiger partial charge in [0.2, 0.25) is 5.69 Å². The summed E-state index contributed by atoms with van der Waals surface area (Å²) >= 11 is 0. The summed E-state index contributed by atoms with van der Waals surface area (Å²) in [6.07, 6.45) is 3.24. The third-order valence-corrected chi connectivity index (χ3v) is 5.55. The Hall–Kier alpha value is -3.49. The zero-order chi connectivity index (χ0) is 24.6. The van der Waals surface area contributed by atoms with E-state index < -0.39 is 15.6 Å². The Labute approximate surface area is 196 Å². The van der Waals surface area contributed by atoms with Crippen LogP contribution in [0, 0.1) is 0 Å². The summed E-state index contributed by atoms with van der Waals surface area (Å²) in [6.45, 7) is 0.962. The van der Waals surface area contributed by atoms with Crippen LogP contribution in [0.15, 0.2) is 109 Å². The van der Waals surface area contributed by atoms with Crippen molar-refractivity contribution in [3.63, 3.8) is 0 Å². The molecule has 0 atom stereocenters. The molecule has 34 heavy (non-hydrogen) atoms. The summed E-state index contributed by atoms with van der Waals surface area (Å²) in [5.41, 5.74) is 0.722. The van der Waals surface area contributed by atoms with Crippen LogP contribution in [0.2, 0.25) is 0 Å². The van der Waals surface area contributed by atoms with Crippen LogP contribution in [0.5, 0.6) is 0 Å². The van der Waals surface area contributed by atoms with E-state index in [4.69, 9.17) is 13.0 Å². The Balaban J connectivity index is 0.000000350. The van der Waals surface area contributed by atoms with Crippen LogP contribution in [0.25, 0.3) is 22.4 Å². The Morgan fingerprint density at radius 3 is 1.68 bits per heavy atom. The lowest BCUT2D eigenvalue weighted by Crippen LogP contribution is -2.37. The molecule has 0 aliphatic heterocycles. The van der Waals surface area contributed by atoms with E-state index in [0.29, 0.717) is 0 Å². The molecule has 0 bridgehead atoms. The van der Waals surface area contributed by atoms with Gasteiger partial charge in [0, 0.05) is 24.1 Å². The molecule has 8 heteroatoms. The minimum Gasteiger partial charge on any atom is -0.741 e. The van der Waals surface area contributed by atoms with Gasteiger partial charge in [-0.05, 0) is 28.8 Å². The molecule has 0 N–H and O–H groups in total. The minimum atomic E-state index is -6.09. The van der Waals surface area contributed by atoms with Crippen molar-refractivity contribution < 1.29 is 30.7 Å². The van der Waals surface area contributed by atoms with E-state index in [1.165, 1.54) is 27.9 Å². The van der Waals surface area contributed by atoms with Gasteiger partial charge in [-0.15, -0.1) is 0 Å². The lowest BCUT2D eigenvalue weighted by Gasteiger charge is -2.08. The van der Waals surface area contributed by atoms with Crippen LogP contribution in [0.1, 0.15) is 5.56 Å². The van der Waals surface area contributed by atoms with Gasteiger partial charge in [0.1, 0.15) is 0 Å². The molecule has 0 unspecified atom stereocenters. The minimum absolute atomic E-state index is 0.962. The maximum atomic E-state index is 10.7. The van der Waals surface area contributed by atoms with Crippen molar-refractivity contribution >= 4 is 10.1 Å². The summed E-state index contributed by atoms with van der Waals surface area (Å²) in [7, 11) is -6.09. The number of alkyl halides is 3. The van der Waals surface area contributed by atoms with Gasteiger partial charge >= 0.3 is 5.51 Å². The number of hydrogen-bond acceptors (Lipinski definition) is 3. The number of aromatic nitrogens is 1.